The average molecular weight is 407 g/mol. The largest absolute Gasteiger partial charge is 0.486 e. The maximum absolute atomic E-state index is 13.6. The molecule has 0 atom stereocenters. The number of nitrogens with one attached hydrogen (secondary N) is 1. The number of benzene rings is 2. The first-order chi connectivity index (χ1) is 14.2. The van der Waals surface area contributed by atoms with Crippen molar-refractivity contribution in [3.05, 3.63) is 100 Å². The molecule has 0 bridgehead atoms. The van der Waals surface area contributed by atoms with E-state index in [-0.39, 0.29) is 18.3 Å². The second kappa shape index (κ2) is 8.70. The number of rotatable bonds is 7. The van der Waals surface area contributed by atoms with Gasteiger partial charge in [0.15, 0.2) is 11.6 Å². The molecule has 1 N–H and O–H groups in total. The Morgan fingerprint density at radius 3 is 2.72 bits per heavy atom. The molecule has 0 spiro atoms. The molecule has 146 valence electrons. The Hall–Kier alpha value is -3.45. The lowest BCUT2D eigenvalue weighted by Gasteiger charge is -2.05. The van der Waals surface area contributed by atoms with E-state index in [9.17, 15) is 9.18 Å². The molecule has 5 nitrogen and oxygen atoms in total. The predicted molar refractivity (Wildman–Crippen MR) is 111 cm³/mol. The fourth-order valence-corrected chi connectivity index (χ4v) is 3.56. The third-order valence-corrected chi connectivity index (χ3v) is 5.16. The van der Waals surface area contributed by atoms with Gasteiger partial charge in [-0.2, -0.15) is 5.10 Å². The number of amides is 1. The molecule has 4 aromatic rings. The van der Waals surface area contributed by atoms with Crippen molar-refractivity contribution in [3.8, 4) is 5.75 Å². The van der Waals surface area contributed by atoms with Crippen LogP contribution in [0.2, 0.25) is 0 Å². The van der Waals surface area contributed by atoms with E-state index in [1.54, 1.807) is 41.3 Å². The first-order valence-corrected chi connectivity index (χ1v) is 9.88. The number of aromatic nitrogens is 2. The number of hydrogen-bond acceptors (Lipinski definition) is 4. The Morgan fingerprint density at radius 1 is 1.10 bits per heavy atom. The number of nitrogens with zero attached hydrogens (tertiary/aromatic N) is 2. The van der Waals surface area contributed by atoms with Crippen molar-refractivity contribution in [2.24, 2.45) is 0 Å². The number of para-hydroxylation sites is 1. The predicted octanol–water partition coefficient (Wildman–Crippen LogP) is 4.96. The molecule has 0 aliphatic heterocycles. The SMILES string of the molecule is O=C(Nc1cnn(Cc2ccccc2)c1)c1cc(COc2ccccc2F)cs1. The van der Waals surface area contributed by atoms with E-state index in [2.05, 4.69) is 10.4 Å². The summed E-state index contributed by atoms with van der Waals surface area (Å²) in [7, 11) is 0. The van der Waals surface area contributed by atoms with Crippen LogP contribution in [0.3, 0.4) is 0 Å². The van der Waals surface area contributed by atoms with Crippen molar-refractivity contribution >= 4 is 22.9 Å². The van der Waals surface area contributed by atoms with Crippen LogP contribution in [0.15, 0.2) is 78.4 Å². The summed E-state index contributed by atoms with van der Waals surface area (Å²) in [4.78, 5) is 13.0. The normalized spacial score (nSPS) is 10.7. The summed E-state index contributed by atoms with van der Waals surface area (Å²) in [6.07, 6.45) is 3.41. The Morgan fingerprint density at radius 2 is 1.90 bits per heavy atom. The van der Waals surface area contributed by atoms with E-state index in [4.69, 9.17) is 4.74 Å². The smallest absolute Gasteiger partial charge is 0.265 e. The summed E-state index contributed by atoms with van der Waals surface area (Å²) in [5.74, 6) is -0.435. The van der Waals surface area contributed by atoms with Crippen LogP contribution in [0.4, 0.5) is 10.1 Å². The third kappa shape index (κ3) is 4.89. The summed E-state index contributed by atoms with van der Waals surface area (Å²) in [6, 6.07) is 18.0. The molecule has 0 aliphatic carbocycles. The van der Waals surface area contributed by atoms with Gasteiger partial charge in [-0.3, -0.25) is 9.48 Å². The maximum Gasteiger partial charge on any atom is 0.265 e. The maximum atomic E-state index is 13.6. The molecule has 0 fully saturated rings. The summed E-state index contributed by atoms with van der Waals surface area (Å²) < 4.78 is 20.9. The lowest BCUT2D eigenvalue weighted by molar-refractivity contribution is 0.103. The molecule has 0 radical (unpaired) electrons. The summed E-state index contributed by atoms with van der Waals surface area (Å²) in [6.45, 7) is 0.826. The topological polar surface area (TPSA) is 56.2 Å². The Balaban J connectivity index is 1.34. The zero-order valence-corrected chi connectivity index (χ0v) is 16.2. The summed E-state index contributed by atoms with van der Waals surface area (Å²) in [5.41, 5.74) is 2.57. The molecule has 2 heterocycles. The van der Waals surface area contributed by atoms with E-state index < -0.39 is 5.82 Å². The highest BCUT2D eigenvalue weighted by Gasteiger charge is 2.12. The molecule has 0 saturated heterocycles. The van der Waals surface area contributed by atoms with Gasteiger partial charge in [-0.1, -0.05) is 42.5 Å². The first-order valence-electron chi connectivity index (χ1n) is 9.00. The van der Waals surface area contributed by atoms with Gasteiger partial charge in [-0.25, -0.2) is 4.39 Å². The van der Waals surface area contributed by atoms with Gasteiger partial charge in [-0.15, -0.1) is 11.3 Å². The molecule has 2 aromatic heterocycles. The van der Waals surface area contributed by atoms with E-state index in [0.717, 1.165) is 11.1 Å². The lowest BCUT2D eigenvalue weighted by atomic mass is 10.2. The van der Waals surface area contributed by atoms with Gasteiger partial charge in [0.2, 0.25) is 0 Å². The number of carbonyl (C=O) groups excluding carboxylic acids is 1. The molecule has 0 saturated carbocycles. The summed E-state index contributed by atoms with van der Waals surface area (Å²) in [5, 5.41) is 8.96. The standard InChI is InChI=1S/C22H18FN3O2S/c23-19-8-4-5-9-20(19)28-14-17-10-21(29-15-17)22(27)25-18-11-24-26(13-18)12-16-6-2-1-3-7-16/h1-11,13,15H,12,14H2,(H,25,27). The zero-order chi connectivity index (χ0) is 20.1. The van der Waals surface area contributed by atoms with Crippen molar-refractivity contribution in [2.75, 3.05) is 5.32 Å². The molecule has 4 rings (SSSR count). The Labute approximate surface area is 171 Å². The highest BCUT2D eigenvalue weighted by molar-refractivity contribution is 7.12. The summed E-state index contributed by atoms with van der Waals surface area (Å²) >= 11 is 1.31. The number of hydrogen-bond donors (Lipinski definition) is 1. The Kier molecular flexibility index (Phi) is 5.67. The molecular formula is C22H18FN3O2S. The third-order valence-electron chi connectivity index (χ3n) is 4.19. The van der Waals surface area contributed by atoms with E-state index >= 15 is 0 Å². The highest BCUT2D eigenvalue weighted by atomic mass is 32.1. The monoisotopic (exact) mass is 407 g/mol. The zero-order valence-electron chi connectivity index (χ0n) is 15.4. The van der Waals surface area contributed by atoms with Crippen LogP contribution in [-0.2, 0) is 13.2 Å². The van der Waals surface area contributed by atoms with Gasteiger partial charge in [0, 0.05) is 11.8 Å². The minimum atomic E-state index is -0.409. The van der Waals surface area contributed by atoms with Crippen LogP contribution in [-0.4, -0.2) is 15.7 Å². The molecule has 2 aromatic carbocycles. The number of thiophene rings is 1. The Bertz CT molecular complexity index is 1110. The quantitative estimate of drug-likeness (QED) is 0.471. The number of anilines is 1. The fourth-order valence-electron chi connectivity index (χ4n) is 2.77. The van der Waals surface area contributed by atoms with Gasteiger partial charge in [0.25, 0.3) is 5.91 Å². The van der Waals surface area contributed by atoms with E-state index in [0.29, 0.717) is 17.1 Å². The van der Waals surface area contributed by atoms with Crippen LogP contribution < -0.4 is 10.1 Å². The fraction of sp³-hybridized carbons (Fsp3) is 0.0909. The second-order valence-electron chi connectivity index (χ2n) is 6.40. The van der Waals surface area contributed by atoms with E-state index in [1.165, 1.54) is 17.4 Å². The molecular weight excluding hydrogens is 389 g/mol. The highest BCUT2D eigenvalue weighted by Crippen LogP contribution is 2.21. The van der Waals surface area contributed by atoms with Gasteiger partial charge in [-0.05, 0) is 29.1 Å². The second-order valence-corrected chi connectivity index (χ2v) is 7.32. The average Bonchev–Trinajstić information content (AvgIpc) is 3.38. The van der Waals surface area contributed by atoms with Gasteiger partial charge in [0.1, 0.15) is 6.61 Å². The number of carbonyl (C=O) groups is 1. The molecule has 7 heteroatoms. The van der Waals surface area contributed by atoms with Gasteiger partial charge >= 0.3 is 0 Å². The molecule has 1 amide bonds. The van der Waals surface area contributed by atoms with Crippen LogP contribution in [0.5, 0.6) is 5.75 Å². The van der Waals surface area contributed by atoms with Crippen molar-refractivity contribution in [3.63, 3.8) is 0 Å². The minimum absolute atomic E-state index is 0.190. The van der Waals surface area contributed by atoms with Crippen LogP contribution in [0.1, 0.15) is 20.8 Å². The van der Waals surface area contributed by atoms with Crippen LogP contribution in [0.25, 0.3) is 0 Å². The van der Waals surface area contributed by atoms with Crippen molar-refractivity contribution in [1.82, 2.24) is 9.78 Å². The van der Waals surface area contributed by atoms with Crippen molar-refractivity contribution in [1.29, 1.82) is 0 Å². The number of halogens is 1. The van der Waals surface area contributed by atoms with Gasteiger partial charge in [0.05, 0.1) is 23.3 Å². The number of ether oxygens (including phenoxy) is 1. The van der Waals surface area contributed by atoms with Gasteiger partial charge < -0.3 is 10.1 Å². The van der Waals surface area contributed by atoms with Crippen LogP contribution >= 0.6 is 11.3 Å². The van der Waals surface area contributed by atoms with Crippen molar-refractivity contribution in [2.45, 2.75) is 13.2 Å². The lowest BCUT2D eigenvalue weighted by Crippen LogP contribution is -2.09. The first kappa shape index (κ1) is 18.9. The molecule has 0 unspecified atom stereocenters. The van der Waals surface area contributed by atoms with Crippen LogP contribution in [0, 0.1) is 5.82 Å². The van der Waals surface area contributed by atoms with Crippen molar-refractivity contribution < 1.29 is 13.9 Å². The van der Waals surface area contributed by atoms with E-state index in [1.807, 2.05) is 35.7 Å². The molecule has 29 heavy (non-hydrogen) atoms. The minimum Gasteiger partial charge on any atom is -0.486 e. The molecule has 0 aliphatic rings.